The molecule has 1 unspecified atom stereocenters. The molecule has 1 heterocycles. The third kappa shape index (κ3) is 4.73. The van der Waals surface area contributed by atoms with Crippen molar-refractivity contribution in [3.8, 4) is 0 Å². The molecule has 0 bridgehead atoms. The summed E-state index contributed by atoms with van der Waals surface area (Å²) in [6.45, 7) is 0.961. The van der Waals surface area contributed by atoms with Gasteiger partial charge in [0.2, 0.25) is 5.91 Å². The molecule has 2 aliphatic rings. The van der Waals surface area contributed by atoms with E-state index in [0.717, 1.165) is 18.8 Å². The molecule has 19 heavy (non-hydrogen) atoms. The average molecular weight is 268 g/mol. The van der Waals surface area contributed by atoms with Crippen LogP contribution in [0.5, 0.6) is 0 Å². The van der Waals surface area contributed by atoms with Gasteiger partial charge in [0.15, 0.2) is 0 Å². The Balaban J connectivity index is 1.44. The number of alkyl carbamates (subject to hydrolysis) is 1. The van der Waals surface area contributed by atoms with E-state index in [1.54, 1.807) is 0 Å². The Morgan fingerprint density at radius 1 is 1.26 bits per heavy atom. The summed E-state index contributed by atoms with van der Waals surface area (Å²) in [6.07, 6.45) is 9.74. The summed E-state index contributed by atoms with van der Waals surface area (Å²) in [6, 6.07) is -0.394. The van der Waals surface area contributed by atoms with Crippen LogP contribution in [0.1, 0.15) is 51.4 Å². The number of ether oxygens (including phenoxy) is 1. The van der Waals surface area contributed by atoms with Crippen molar-refractivity contribution in [2.45, 2.75) is 57.4 Å². The molecular formula is C14H24N2O3. The van der Waals surface area contributed by atoms with Crippen LogP contribution in [0.15, 0.2) is 0 Å². The highest BCUT2D eigenvalue weighted by molar-refractivity contribution is 5.90. The highest BCUT2D eigenvalue weighted by atomic mass is 16.5. The highest BCUT2D eigenvalue weighted by Gasteiger charge is 2.29. The summed E-state index contributed by atoms with van der Waals surface area (Å²) in [5.74, 6) is 0.760. The van der Waals surface area contributed by atoms with Crippen molar-refractivity contribution in [1.82, 2.24) is 10.6 Å². The summed E-state index contributed by atoms with van der Waals surface area (Å²) in [5, 5.41) is 5.10. The van der Waals surface area contributed by atoms with Crippen LogP contribution in [0.4, 0.5) is 4.79 Å². The second kappa shape index (κ2) is 7.36. The minimum atomic E-state index is -0.475. The van der Waals surface area contributed by atoms with Crippen molar-refractivity contribution < 1.29 is 14.3 Å². The van der Waals surface area contributed by atoms with Crippen molar-refractivity contribution in [2.75, 3.05) is 13.2 Å². The average Bonchev–Trinajstić information content (AvgIpc) is 2.44. The van der Waals surface area contributed by atoms with E-state index in [4.69, 9.17) is 4.74 Å². The zero-order valence-electron chi connectivity index (χ0n) is 11.5. The lowest BCUT2D eigenvalue weighted by Gasteiger charge is -2.26. The molecule has 1 saturated carbocycles. The van der Waals surface area contributed by atoms with Gasteiger partial charge < -0.3 is 15.4 Å². The van der Waals surface area contributed by atoms with E-state index in [2.05, 4.69) is 10.6 Å². The predicted octanol–water partition coefficient (Wildman–Crippen LogP) is 1.96. The summed E-state index contributed by atoms with van der Waals surface area (Å²) >= 11 is 0. The van der Waals surface area contributed by atoms with Gasteiger partial charge in [0, 0.05) is 6.54 Å². The van der Waals surface area contributed by atoms with Gasteiger partial charge in [-0.05, 0) is 18.8 Å². The SMILES string of the molecule is O=C(NC1CNC1=O)OCCCCC1CCCCC1. The standard InChI is InChI=1S/C14H24N2O3/c17-13-12(10-15-13)16-14(18)19-9-5-4-8-11-6-2-1-3-7-11/h11-12H,1-10H2,(H,15,17)(H,16,18). The second-order valence-corrected chi connectivity index (χ2v) is 5.58. The normalized spacial score (nSPS) is 23.4. The Kier molecular flexibility index (Phi) is 5.48. The molecule has 0 aromatic heterocycles. The predicted molar refractivity (Wildman–Crippen MR) is 71.7 cm³/mol. The smallest absolute Gasteiger partial charge is 0.407 e. The molecular weight excluding hydrogens is 244 g/mol. The van der Waals surface area contributed by atoms with Crippen LogP contribution in [0.25, 0.3) is 0 Å². The maximum atomic E-state index is 11.3. The van der Waals surface area contributed by atoms with E-state index >= 15 is 0 Å². The first kappa shape index (κ1) is 14.2. The number of carbonyl (C=O) groups is 2. The molecule has 1 aliphatic carbocycles. The number of rotatable bonds is 6. The number of β-lactam (4-membered cyclic amide) rings is 1. The Morgan fingerprint density at radius 3 is 2.68 bits per heavy atom. The lowest BCUT2D eigenvalue weighted by atomic mass is 9.86. The van der Waals surface area contributed by atoms with Crippen molar-refractivity contribution in [3.05, 3.63) is 0 Å². The molecule has 0 radical (unpaired) electrons. The summed E-state index contributed by atoms with van der Waals surface area (Å²) < 4.78 is 5.06. The Bertz CT molecular complexity index is 314. The van der Waals surface area contributed by atoms with Crippen LogP contribution in [0.2, 0.25) is 0 Å². The summed E-state index contributed by atoms with van der Waals surface area (Å²) in [5.41, 5.74) is 0. The summed E-state index contributed by atoms with van der Waals surface area (Å²) in [7, 11) is 0. The molecule has 5 nitrogen and oxygen atoms in total. The fourth-order valence-electron chi connectivity index (χ4n) is 2.76. The van der Waals surface area contributed by atoms with E-state index in [0.29, 0.717) is 13.2 Å². The van der Waals surface area contributed by atoms with Crippen molar-refractivity contribution in [3.63, 3.8) is 0 Å². The first-order valence-corrected chi connectivity index (χ1v) is 7.46. The largest absolute Gasteiger partial charge is 0.450 e. The molecule has 1 atom stereocenters. The minimum Gasteiger partial charge on any atom is -0.450 e. The van der Waals surface area contributed by atoms with Gasteiger partial charge in [-0.1, -0.05) is 38.5 Å². The number of nitrogens with one attached hydrogen (secondary N) is 2. The van der Waals surface area contributed by atoms with Crippen LogP contribution < -0.4 is 10.6 Å². The van der Waals surface area contributed by atoms with E-state index < -0.39 is 12.1 Å². The molecule has 0 aromatic carbocycles. The maximum absolute atomic E-state index is 11.3. The molecule has 0 aromatic rings. The van der Waals surface area contributed by atoms with Gasteiger partial charge in [0.05, 0.1) is 6.61 Å². The lowest BCUT2D eigenvalue weighted by Crippen LogP contribution is -2.61. The third-order valence-corrected chi connectivity index (χ3v) is 4.05. The highest BCUT2D eigenvalue weighted by Crippen LogP contribution is 2.27. The second-order valence-electron chi connectivity index (χ2n) is 5.58. The van der Waals surface area contributed by atoms with Gasteiger partial charge in [-0.15, -0.1) is 0 Å². The lowest BCUT2D eigenvalue weighted by molar-refractivity contribution is -0.128. The number of carbonyl (C=O) groups excluding carboxylic acids is 2. The first-order chi connectivity index (χ1) is 9.25. The summed E-state index contributed by atoms with van der Waals surface area (Å²) in [4.78, 5) is 22.3. The van der Waals surface area contributed by atoms with Crippen LogP contribution in [0, 0.1) is 5.92 Å². The zero-order valence-corrected chi connectivity index (χ0v) is 11.5. The van der Waals surface area contributed by atoms with Gasteiger partial charge in [-0.25, -0.2) is 4.79 Å². The molecule has 2 rings (SSSR count). The van der Waals surface area contributed by atoms with Gasteiger partial charge in [-0.2, -0.15) is 0 Å². The fraction of sp³-hybridized carbons (Fsp3) is 0.857. The van der Waals surface area contributed by atoms with E-state index in [1.165, 1.54) is 38.5 Å². The van der Waals surface area contributed by atoms with E-state index in [9.17, 15) is 9.59 Å². The Hall–Kier alpha value is -1.26. The van der Waals surface area contributed by atoms with Crippen LogP contribution in [0.3, 0.4) is 0 Å². The molecule has 1 saturated heterocycles. The molecule has 0 spiro atoms. The van der Waals surface area contributed by atoms with Gasteiger partial charge in [0.25, 0.3) is 0 Å². The van der Waals surface area contributed by atoms with Gasteiger partial charge in [-0.3, -0.25) is 4.79 Å². The first-order valence-electron chi connectivity index (χ1n) is 7.46. The monoisotopic (exact) mass is 268 g/mol. The maximum Gasteiger partial charge on any atom is 0.407 e. The Morgan fingerprint density at radius 2 is 2.05 bits per heavy atom. The fourth-order valence-corrected chi connectivity index (χ4v) is 2.76. The minimum absolute atomic E-state index is 0.130. The van der Waals surface area contributed by atoms with Gasteiger partial charge in [0.1, 0.15) is 6.04 Å². The van der Waals surface area contributed by atoms with Crippen LogP contribution in [-0.4, -0.2) is 31.2 Å². The Labute approximate surface area is 114 Å². The molecule has 2 fully saturated rings. The number of hydrogen-bond acceptors (Lipinski definition) is 3. The number of amides is 2. The third-order valence-electron chi connectivity index (χ3n) is 4.05. The van der Waals surface area contributed by atoms with Crippen molar-refractivity contribution in [2.24, 2.45) is 5.92 Å². The molecule has 2 amide bonds. The molecule has 108 valence electrons. The quantitative estimate of drug-likeness (QED) is 0.571. The van der Waals surface area contributed by atoms with Crippen LogP contribution >= 0.6 is 0 Å². The zero-order chi connectivity index (χ0) is 13.5. The van der Waals surface area contributed by atoms with Crippen molar-refractivity contribution >= 4 is 12.0 Å². The van der Waals surface area contributed by atoms with E-state index in [1.807, 2.05) is 0 Å². The number of unbranched alkanes of at least 4 members (excludes halogenated alkanes) is 1. The van der Waals surface area contributed by atoms with E-state index in [-0.39, 0.29) is 5.91 Å². The van der Waals surface area contributed by atoms with Crippen LogP contribution in [-0.2, 0) is 9.53 Å². The molecule has 2 N–H and O–H groups in total. The molecule has 1 aliphatic heterocycles. The molecule has 5 heteroatoms. The number of hydrogen-bond donors (Lipinski definition) is 2. The van der Waals surface area contributed by atoms with Gasteiger partial charge >= 0.3 is 6.09 Å². The van der Waals surface area contributed by atoms with Crippen molar-refractivity contribution in [1.29, 1.82) is 0 Å². The topological polar surface area (TPSA) is 67.4 Å².